The number of allylic oxidation sites excluding steroid dienone is 6. The Morgan fingerprint density at radius 3 is 2.12 bits per heavy atom. The normalized spacial score (nSPS) is 31.9. The molecule has 2 aliphatic carbocycles. The van der Waals surface area contributed by atoms with Gasteiger partial charge in [-0.15, -0.1) is 0 Å². The third-order valence-electron chi connectivity index (χ3n) is 9.49. The predicted octanol–water partition coefficient (Wildman–Crippen LogP) is 6.61. The zero-order chi connectivity index (χ0) is 31.3. The second-order valence-electron chi connectivity index (χ2n) is 14.8. The molecule has 1 aliphatic heterocycles. The highest BCUT2D eigenvalue weighted by Crippen LogP contribution is 2.69. The summed E-state index contributed by atoms with van der Waals surface area (Å²) < 4.78 is 6.48. The lowest BCUT2D eigenvalue weighted by Crippen LogP contribution is -2.69. The van der Waals surface area contributed by atoms with Crippen LogP contribution in [0.5, 0.6) is 0 Å². The molecule has 2 N–H and O–H groups in total. The number of Topliss-reactive ketones (excluding diaryl/α,β-unsaturated/α-hetero) is 3. The molecule has 1 heterocycles. The Morgan fingerprint density at radius 2 is 1.63 bits per heavy atom. The molecule has 41 heavy (non-hydrogen) atoms. The highest BCUT2D eigenvalue weighted by Gasteiger charge is 2.77. The smallest absolute Gasteiger partial charge is 0.176 e. The van der Waals surface area contributed by atoms with Crippen LogP contribution in [-0.4, -0.2) is 44.9 Å². The fourth-order valence-corrected chi connectivity index (χ4v) is 7.13. The van der Waals surface area contributed by atoms with Crippen LogP contribution in [0.1, 0.15) is 108 Å². The van der Waals surface area contributed by atoms with E-state index in [2.05, 4.69) is 6.08 Å². The molecule has 6 nitrogen and oxygen atoms in total. The zero-order valence-corrected chi connectivity index (χ0v) is 27.1. The topological polar surface area (TPSA) is 101 Å². The number of fused-ring (bicyclic) bond motifs is 3. The quantitative estimate of drug-likeness (QED) is 0.227. The SMILES string of the molecule is CC(C)=CCC[C@]1(C)[C@@H](/C=C/C(C)(C)O)C[C@]2(CC=C(C)C)C(=O)C3=C(O[C@@H](C(C)(C)O)C3)[C@@]1(C(=O)C(C)C)C2=O. The molecule has 3 rings (SSSR count). The van der Waals surface area contributed by atoms with E-state index < -0.39 is 39.5 Å². The summed E-state index contributed by atoms with van der Waals surface area (Å²) in [6.45, 7) is 20.2. The first-order valence-corrected chi connectivity index (χ1v) is 15.1. The molecule has 0 radical (unpaired) electrons. The van der Waals surface area contributed by atoms with Crippen molar-refractivity contribution in [3.05, 3.63) is 46.8 Å². The second-order valence-corrected chi connectivity index (χ2v) is 14.8. The highest BCUT2D eigenvalue weighted by atomic mass is 16.5. The number of aliphatic hydroxyl groups is 2. The Kier molecular flexibility index (Phi) is 8.97. The van der Waals surface area contributed by atoms with Crippen molar-refractivity contribution in [3.8, 4) is 0 Å². The molecule has 0 aromatic rings. The van der Waals surface area contributed by atoms with Crippen LogP contribution in [0.3, 0.4) is 0 Å². The molecule has 0 unspecified atom stereocenters. The van der Waals surface area contributed by atoms with Gasteiger partial charge in [0.1, 0.15) is 11.9 Å². The average molecular weight is 569 g/mol. The van der Waals surface area contributed by atoms with Gasteiger partial charge < -0.3 is 14.9 Å². The van der Waals surface area contributed by atoms with Gasteiger partial charge in [0.05, 0.1) is 16.6 Å². The first-order valence-electron chi connectivity index (χ1n) is 15.1. The fourth-order valence-electron chi connectivity index (χ4n) is 7.13. The summed E-state index contributed by atoms with van der Waals surface area (Å²) in [5.74, 6) is -1.63. The van der Waals surface area contributed by atoms with Crippen molar-refractivity contribution < 1.29 is 29.3 Å². The van der Waals surface area contributed by atoms with E-state index in [9.17, 15) is 19.8 Å². The molecule has 1 saturated carbocycles. The summed E-state index contributed by atoms with van der Waals surface area (Å²) in [4.78, 5) is 44.6. The van der Waals surface area contributed by atoms with Crippen LogP contribution in [0.2, 0.25) is 0 Å². The van der Waals surface area contributed by atoms with Crippen molar-refractivity contribution in [3.63, 3.8) is 0 Å². The highest BCUT2D eigenvalue weighted by molar-refractivity contribution is 6.28. The Morgan fingerprint density at radius 1 is 1.05 bits per heavy atom. The summed E-state index contributed by atoms with van der Waals surface area (Å²) in [5, 5.41) is 21.7. The number of hydrogen-bond donors (Lipinski definition) is 2. The number of carbonyl (C=O) groups excluding carboxylic acids is 3. The molecule has 6 heteroatoms. The zero-order valence-electron chi connectivity index (χ0n) is 27.1. The second kappa shape index (κ2) is 11.1. The van der Waals surface area contributed by atoms with Gasteiger partial charge in [-0.1, -0.05) is 56.2 Å². The van der Waals surface area contributed by atoms with Crippen LogP contribution in [-0.2, 0) is 19.1 Å². The number of carbonyl (C=O) groups is 3. The van der Waals surface area contributed by atoms with Crippen LogP contribution in [0.4, 0.5) is 0 Å². The first kappa shape index (κ1) is 33.2. The maximum Gasteiger partial charge on any atom is 0.176 e. The van der Waals surface area contributed by atoms with Crippen LogP contribution in [0, 0.1) is 28.1 Å². The van der Waals surface area contributed by atoms with Crippen LogP contribution in [0.15, 0.2) is 46.8 Å². The van der Waals surface area contributed by atoms with Crippen molar-refractivity contribution >= 4 is 17.3 Å². The van der Waals surface area contributed by atoms with E-state index >= 15 is 4.79 Å². The molecule has 1 fully saturated rings. The van der Waals surface area contributed by atoms with Gasteiger partial charge in [0.2, 0.25) is 0 Å². The van der Waals surface area contributed by atoms with Gasteiger partial charge in [-0.3, -0.25) is 14.4 Å². The van der Waals surface area contributed by atoms with Gasteiger partial charge in [0.25, 0.3) is 0 Å². The summed E-state index contributed by atoms with van der Waals surface area (Å²) in [6, 6.07) is 0. The van der Waals surface area contributed by atoms with E-state index in [1.807, 2.05) is 46.8 Å². The number of rotatable bonds is 10. The number of hydrogen-bond acceptors (Lipinski definition) is 6. The van der Waals surface area contributed by atoms with Crippen molar-refractivity contribution in [2.45, 2.75) is 126 Å². The van der Waals surface area contributed by atoms with Crippen molar-refractivity contribution in [2.24, 2.45) is 28.1 Å². The lowest BCUT2D eigenvalue weighted by Gasteiger charge is -2.61. The van der Waals surface area contributed by atoms with Gasteiger partial charge in [-0.2, -0.15) is 0 Å². The average Bonchev–Trinajstić information content (AvgIpc) is 3.28. The molecule has 228 valence electrons. The van der Waals surface area contributed by atoms with E-state index in [-0.39, 0.29) is 48.3 Å². The fraction of sp³-hybridized carbons (Fsp3) is 0.686. The van der Waals surface area contributed by atoms with E-state index in [0.717, 1.165) is 11.1 Å². The van der Waals surface area contributed by atoms with E-state index in [0.29, 0.717) is 18.4 Å². The maximum atomic E-state index is 15.2. The Bertz CT molecular complexity index is 1210. The lowest BCUT2D eigenvalue weighted by atomic mass is 9.38. The molecule has 0 spiro atoms. The molecule has 3 aliphatic rings. The minimum atomic E-state index is -1.71. The standard InChI is InChI=1S/C35H52O6/c1-21(2)13-12-16-33(11)24(15-17-31(7,8)39)20-34(18-14-22(3)4)28(37)25-19-26(32(9,10)40)41-29(25)35(33,30(34)38)27(36)23(5)6/h13-15,17,23-24,26,39-40H,12,16,18-20H2,1-11H3/b17-15+/t24-,26+,33+,34+,35-/m0/s1. The molecule has 0 amide bonds. The van der Waals surface area contributed by atoms with Crippen molar-refractivity contribution in [1.82, 2.24) is 0 Å². The van der Waals surface area contributed by atoms with Gasteiger partial charge in [-0.25, -0.2) is 0 Å². The minimum absolute atomic E-state index is 0.156. The Labute approximate surface area is 247 Å². The van der Waals surface area contributed by atoms with Crippen molar-refractivity contribution in [2.75, 3.05) is 0 Å². The monoisotopic (exact) mass is 568 g/mol. The summed E-state index contributed by atoms with van der Waals surface area (Å²) in [7, 11) is 0. The third kappa shape index (κ3) is 5.59. The van der Waals surface area contributed by atoms with Crippen LogP contribution >= 0.6 is 0 Å². The van der Waals surface area contributed by atoms with Crippen LogP contribution in [0.25, 0.3) is 0 Å². The van der Waals surface area contributed by atoms with Gasteiger partial charge in [0, 0.05) is 23.3 Å². The molecular weight excluding hydrogens is 516 g/mol. The number of ketones is 3. The van der Waals surface area contributed by atoms with E-state index in [1.54, 1.807) is 47.6 Å². The van der Waals surface area contributed by atoms with Crippen LogP contribution < -0.4 is 0 Å². The molecule has 2 bridgehead atoms. The predicted molar refractivity (Wildman–Crippen MR) is 162 cm³/mol. The Balaban J connectivity index is 2.49. The minimum Gasteiger partial charge on any atom is -0.489 e. The first-order chi connectivity index (χ1) is 18.6. The van der Waals surface area contributed by atoms with Gasteiger partial charge in [-0.05, 0) is 87.0 Å². The molecule has 0 aromatic carbocycles. The molecule has 5 atom stereocenters. The van der Waals surface area contributed by atoms with E-state index in [4.69, 9.17) is 4.74 Å². The number of ether oxygens (including phenoxy) is 1. The van der Waals surface area contributed by atoms with Gasteiger partial charge >= 0.3 is 0 Å². The summed E-state index contributed by atoms with van der Waals surface area (Å²) >= 11 is 0. The molecular formula is C35H52O6. The molecule has 0 aromatic heterocycles. The molecule has 0 saturated heterocycles. The van der Waals surface area contributed by atoms with Gasteiger partial charge in [0.15, 0.2) is 22.8 Å². The van der Waals surface area contributed by atoms with E-state index in [1.165, 1.54) is 0 Å². The summed E-state index contributed by atoms with van der Waals surface area (Å²) in [5.41, 5.74) is -4.01. The maximum absolute atomic E-state index is 15.2. The third-order valence-corrected chi connectivity index (χ3v) is 9.49. The van der Waals surface area contributed by atoms with Crippen molar-refractivity contribution in [1.29, 1.82) is 0 Å². The summed E-state index contributed by atoms with van der Waals surface area (Å²) in [6.07, 6.45) is 8.67. The Hall–Kier alpha value is -2.31. The largest absolute Gasteiger partial charge is 0.489 e. The lowest BCUT2D eigenvalue weighted by molar-refractivity contribution is -0.178.